The number of hydrogen-bond acceptors (Lipinski definition) is 10. The summed E-state index contributed by atoms with van der Waals surface area (Å²) >= 11 is 0. The van der Waals surface area contributed by atoms with Crippen LogP contribution in [0.1, 0.15) is 72.6 Å². The van der Waals surface area contributed by atoms with Crippen molar-refractivity contribution in [3.63, 3.8) is 0 Å². The van der Waals surface area contributed by atoms with Gasteiger partial charge in [0.25, 0.3) is 5.91 Å². The number of pyridine rings is 1. The molecule has 1 saturated heterocycles. The van der Waals surface area contributed by atoms with Gasteiger partial charge < -0.3 is 29.5 Å². The number of fused-ring (bicyclic) bond motifs is 5. The highest BCUT2D eigenvalue weighted by molar-refractivity contribution is 7.91. The lowest BCUT2D eigenvalue weighted by atomic mass is 9.85. The van der Waals surface area contributed by atoms with Crippen molar-refractivity contribution >= 4 is 44.6 Å². The van der Waals surface area contributed by atoms with Crippen molar-refractivity contribution in [3.8, 4) is 17.4 Å². The number of carbonyl (C=O) groups is 4. The molecule has 5 aliphatic rings. The van der Waals surface area contributed by atoms with Crippen molar-refractivity contribution in [1.29, 1.82) is 0 Å². The number of ether oxygens (including phenoxy) is 3. The fourth-order valence-corrected chi connectivity index (χ4v) is 9.84. The fourth-order valence-electron chi connectivity index (χ4n) is 8.48. The number of aromatic nitrogens is 1. The monoisotopic (exact) mass is 835 g/mol. The van der Waals surface area contributed by atoms with E-state index in [4.69, 9.17) is 14.2 Å². The third-order valence-electron chi connectivity index (χ3n) is 12.0. The summed E-state index contributed by atoms with van der Waals surface area (Å²) < 4.78 is 89.9. The molecule has 2 aromatic rings. The summed E-state index contributed by atoms with van der Waals surface area (Å²) in [6.45, 7) is 5.05. The zero-order valence-corrected chi connectivity index (χ0v) is 33.4. The average Bonchev–Trinajstić information content (AvgIpc) is 4.08. The molecule has 4 amide bonds. The van der Waals surface area contributed by atoms with Crippen molar-refractivity contribution in [1.82, 2.24) is 24.8 Å². The lowest BCUT2D eigenvalue weighted by molar-refractivity contribution is -0.222. The van der Waals surface area contributed by atoms with Crippen LogP contribution in [0.3, 0.4) is 0 Å². The van der Waals surface area contributed by atoms with Crippen molar-refractivity contribution in [2.24, 2.45) is 17.8 Å². The van der Waals surface area contributed by atoms with E-state index >= 15 is 0 Å². The highest BCUT2D eigenvalue weighted by Gasteiger charge is 2.63. The molecule has 2 aliphatic carbocycles. The van der Waals surface area contributed by atoms with Gasteiger partial charge in [0.05, 0.1) is 11.8 Å². The van der Waals surface area contributed by atoms with Crippen molar-refractivity contribution in [2.45, 2.75) is 113 Å². The average molecular weight is 836 g/mol. The van der Waals surface area contributed by atoms with Gasteiger partial charge >= 0.3 is 12.3 Å². The van der Waals surface area contributed by atoms with E-state index in [0.717, 1.165) is 4.90 Å². The van der Waals surface area contributed by atoms with E-state index in [1.807, 2.05) is 6.92 Å². The van der Waals surface area contributed by atoms with E-state index in [-0.39, 0.29) is 42.5 Å². The first-order valence-electron chi connectivity index (χ1n) is 19.5. The number of amides is 4. The van der Waals surface area contributed by atoms with Crippen LogP contribution in [0.4, 0.5) is 18.0 Å². The fraction of sp³-hybridized carbons (Fsp3) is 0.615. The molecule has 3 N–H and O–H groups in total. The van der Waals surface area contributed by atoms with Gasteiger partial charge in [-0.25, -0.2) is 18.2 Å². The molecule has 0 unspecified atom stereocenters. The molecule has 316 valence electrons. The first kappa shape index (κ1) is 41.4. The van der Waals surface area contributed by atoms with Crippen molar-refractivity contribution < 1.29 is 60.1 Å². The molecular formula is C39H48F3N5O10S. The second-order valence-corrected chi connectivity index (χ2v) is 18.7. The van der Waals surface area contributed by atoms with Gasteiger partial charge in [0.1, 0.15) is 42.5 Å². The first-order chi connectivity index (χ1) is 27.2. The Morgan fingerprint density at radius 1 is 1.07 bits per heavy atom. The number of nitrogens with one attached hydrogen (secondary N) is 2. The predicted octanol–water partition coefficient (Wildman–Crippen LogP) is 4.54. The summed E-state index contributed by atoms with van der Waals surface area (Å²) in [4.78, 5) is 61.8. The van der Waals surface area contributed by atoms with E-state index < -0.39 is 86.4 Å². The van der Waals surface area contributed by atoms with Gasteiger partial charge in [-0.15, -0.1) is 0 Å². The van der Waals surface area contributed by atoms with Crippen molar-refractivity contribution in [3.05, 3.63) is 36.5 Å². The molecule has 4 heterocycles. The van der Waals surface area contributed by atoms with Gasteiger partial charge in [-0.1, -0.05) is 26.0 Å². The third-order valence-corrected chi connectivity index (χ3v) is 13.9. The molecule has 2 saturated carbocycles. The summed E-state index contributed by atoms with van der Waals surface area (Å²) in [6.07, 6.45) is -1.32. The number of carboxylic acid groups (broad SMARTS) is 1. The molecule has 1 aromatic carbocycles. The van der Waals surface area contributed by atoms with Crippen LogP contribution in [0.5, 0.6) is 17.4 Å². The minimum absolute atomic E-state index is 0.0552. The van der Waals surface area contributed by atoms with Gasteiger partial charge in [0, 0.05) is 29.3 Å². The van der Waals surface area contributed by atoms with Gasteiger partial charge in [0.15, 0.2) is 11.5 Å². The lowest BCUT2D eigenvalue weighted by Crippen LogP contribution is -2.66. The van der Waals surface area contributed by atoms with Crippen LogP contribution in [0, 0.1) is 17.8 Å². The molecule has 3 fully saturated rings. The largest absolute Gasteiger partial charge is 0.486 e. The molecule has 7 rings (SSSR count). The minimum atomic E-state index is -5.10. The van der Waals surface area contributed by atoms with Crippen molar-refractivity contribution in [2.75, 3.05) is 19.8 Å². The van der Waals surface area contributed by atoms with Crippen LogP contribution >= 0.6 is 0 Å². The highest BCUT2D eigenvalue weighted by Crippen LogP contribution is 2.47. The Balaban J connectivity index is 1.29. The molecular weight excluding hydrogens is 788 g/mol. The summed E-state index contributed by atoms with van der Waals surface area (Å²) in [6, 6.07) is 1.72. The summed E-state index contributed by atoms with van der Waals surface area (Å²) in [5.41, 5.74) is -4.74. The molecule has 0 spiro atoms. The Bertz CT molecular complexity index is 2130. The van der Waals surface area contributed by atoms with E-state index in [1.54, 1.807) is 30.4 Å². The number of nitrogens with zero attached hydrogens (tertiary/aromatic N) is 3. The molecule has 0 radical (unpaired) electrons. The second kappa shape index (κ2) is 15.1. The first-order valence-corrected chi connectivity index (χ1v) is 21.1. The Labute approximate surface area is 333 Å². The Morgan fingerprint density at radius 2 is 1.79 bits per heavy atom. The normalized spacial score (nSPS) is 29.3. The number of halogens is 3. The number of sulfonamides is 1. The maximum absolute atomic E-state index is 15.0. The smallest absolute Gasteiger partial charge is 0.411 e. The van der Waals surface area contributed by atoms with Crippen LogP contribution in [0.25, 0.3) is 10.8 Å². The van der Waals surface area contributed by atoms with Crippen LogP contribution < -0.4 is 24.2 Å². The van der Waals surface area contributed by atoms with Gasteiger partial charge in [-0.2, -0.15) is 13.2 Å². The zero-order chi connectivity index (χ0) is 41.9. The molecule has 3 aliphatic heterocycles. The van der Waals surface area contributed by atoms with Crippen LogP contribution in [-0.2, 0) is 24.4 Å². The van der Waals surface area contributed by atoms with Crippen LogP contribution in [0.2, 0.25) is 0 Å². The molecule has 15 nitrogen and oxygen atoms in total. The van der Waals surface area contributed by atoms with E-state index in [0.29, 0.717) is 75.0 Å². The number of allylic oxidation sites excluding steroid dienone is 1. The molecule has 0 bridgehead atoms. The number of benzene rings is 1. The number of carbonyl (C=O) groups excluding carboxylic acids is 3. The number of hydrogen-bond donors (Lipinski definition) is 3. The Kier molecular flexibility index (Phi) is 10.8. The summed E-state index contributed by atoms with van der Waals surface area (Å²) in [7, 11) is -4.02. The van der Waals surface area contributed by atoms with Crippen LogP contribution in [0.15, 0.2) is 36.5 Å². The summed E-state index contributed by atoms with van der Waals surface area (Å²) in [5, 5.41) is 13.6. The predicted molar refractivity (Wildman–Crippen MR) is 201 cm³/mol. The standard InChI is InChI=1S/C39H48F3N5O10S/c1-21-7-5-6-8-23-19-38(23,35(50)45-58(53,54)25-9-10-25)44-32(48)28-18-24(57-33-27-11-12-29-31(56-16-15-55-29)26(27)13-14-43-33)20-46(28)34(49)30(22(2)17-21)47(36(51)52)37(3,4)39(40,41)42/h6,8,11-14,21-25,28,30H,5,7,9-10,15-20H2,1-4H3,(H,44,48)(H,45,50)(H,51,52)/t21-,22-,23-,24-,28+,30+,38-/m1/s1. The Hall–Kier alpha value is -4.81. The maximum Gasteiger partial charge on any atom is 0.411 e. The van der Waals surface area contributed by atoms with E-state index in [2.05, 4.69) is 15.0 Å². The molecule has 58 heavy (non-hydrogen) atoms. The molecule has 1 aromatic heterocycles. The zero-order valence-electron chi connectivity index (χ0n) is 32.6. The number of rotatable bonds is 7. The lowest BCUT2D eigenvalue weighted by Gasteiger charge is -2.45. The minimum Gasteiger partial charge on any atom is -0.486 e. The number of alkyl halides is 3. The van der Waals surface area contributed by atoms with Gasteiger partial charge in [0.2, 0.25) is 27.7 Å². The second-order valence-electron chi connectivity index (χ2n) is 16.7. The molecule has 19 heteroatoms. The SMILES string of the molecule is C[C@@H]1CCC=C[C@@H]2C[C@@]2(C(=O)NS(=O)(=O)C2CC2)NC(=O)[C@@H]2C[C@@H](Oc3nccc4c5c(ccc34)OCCO5)CN2C(=O)[C@@H](N(C(=O)O)C(C)(C)C(F)(F)F)[C@H](C)C1. The van der Waals surface area contributed by atoms with Gasteiger partial charge in [-0.05, 0) is 82.4 Å². The molecule has 7 atom stereocenters. The Morgan fingerprint density at radius 3 is 2.48 bits per heavy atom. The highest BCUT2D eigenvalue weighted by atomic mass is 32.2. The summed E-state index contributed by atoms with van der Waals surface area (Å²) in [5.74, 6) is -3.52. The quantitative estimate of drug-likeness (QED) is 0.332. The van der Waals surface area contributed by atoms with Gasteiger partial charge in [-0.3, -0.25) is 24.0 Å². The van der Waals surface area contributed by atoms with Crippen LogP contribution in [-0.4, -0.2) is 113 Å². The van der Waals surface area contributed by atoms with E-state index in [9.17, 15) is 45.9 Å². The third kappa shape index (κ3) is 7.73. The topological polar surface area (TPSA) is 194 Å². The van der Waals surface area contributed by atoms with E-state index in [1.165, 1.54) is 13.1 Å². The maximum atomic E-state index is 15.0.